The van der Waals surface area contributed by atoms with E-state index in [1.54, 1.807) is 17.0 Å². The summed E-state index contributed by atoms with van der Waals surface area (Å²) < 4.78 is 19.0. The Bertz CT molecular complexity index is 1190. The molecule has 0 aliphatic carbocycles. The van der Waals surface area contributed by atoms with Crippen LogP contribution < -0.4 is 0 Å². The van der Waals surface area contributed by atoms with Crippen molar-refractivity contribution in [2.24, 2.45) is 5.92 Å². The first-order valence-corrected chi connectivity index (χ1v) is 13.8. The van der Waals surface area contributed by atoms with Crippen molar-refractivity contribution in [3.05, 3.63) is 95.8 Å². The molecule has 1 N–H and O–H groups in total. The fraction of sp³-hybridized carbons (Fsp3) is 0.406. The van der Waals surface area contributed by atoms with E-state index < -0.39 is 5.60 Å². The second-order valence-corrected chi connectivity index (χ2v) is 10.4. The third kappa shape index (κ3) is 5.47. The van der Waals surface area contributed by atoms with Crippen molar-refractivity contribution in [2.75, 3.05) is 32.8 Å². The van der Waals surface area contributed by atoms with Crippen molar-refractivity contribution in [1.29, 1.82) is 0 Å². The van der Waals surface area contributed by atoms with Crippen LogP contribution in [-0.4, -0.2) is 59.8 Å². The molecule has 2 aliphatic rings. The van der Waals surface area contributed by atoms with E-state index in [1.165, 1.54) is 12.1 Å². The Morgan fingerprint density at radius 1 is 0.842 bits per heavy atom. The molecule has 0 radical (unpaired) electrons. The van der Waals surface area contributed by atoms with Crippen molar-refractivity contribution in [2.45, 2.75) is 44.2 Å². The van der Waals surface area contributed by atoms with E-state index in [1.807, 2.05) is 37.3 Å². The van der Waals surface area contributed by atoms with Gasteiger partial charge in [0.1, 0.15) is 11.4 Å². The van der Waals surface area contributed by atoms with Crippen LogP contribution in [-0.2, 0) is 10.3 Å². The molecule has 0 bridgehead atoms. The van der Waals surface area contributed by atoms with Crippen molar-refractivity contribution in [1.82, 2.24) is 9.80 Å². The van der Waals surface area contributed by atoms with Crippen LogP contribution in [0.3, 0.4) is 0 Å². The number of hydrogen-bond donors (Lipinski definition) is 1. The highest BCUT2D eigenvalue weighted by Gasteiger charge is 2.42. The highest BCUT2D eigenvalue weighted by atomic mass is 19.1. The summed E-state index contributed by atoms with van der Waals surface area (Å²) in [6.45, 7) is 5.45. The van der Waals surface area contributed by atoms with Gasteiger partial charge in [-0.2, -0.15) is 0 Å². The first-order valence-electron chi connectivity index (χ1n) is 13.8. The van der Waals surface area contributed by atoms with E-state index in [2.05, 4.69) is 29.2 Å². The van der Waals surface area contributed by atoms with Crippen molar-refractivity contribution >= 4 is 6.09 Å². The number of aliphatic hydroxyl groups is 1. The second-order valence-electron chi connectivity index (χ2n) is 10.4. The maximum Gasteiger partial charge on any atom is 0.409 e. The van der Waals surface area contributed by atoms with Crippen LogP contribution in [0.2, 0.25) is 0 Å². The highest BCUT2D eigenvalue weighted by molar-refractivity contribution is 5.67. The summed E-state index contributed by atoms with van der Waals surface area (Å²) in [5.74, 6) is -0.300. The number of ether oxygens (including phenoxy) is 1. The van der Waals surface area contributed by atoms with Crippen LogP contribution in [0.1, 0.15) is 43.7 Å². The summed E-state index contributed by atoms with van der Waals surface area (Å²) in [5.41, 5.74) is 2.59. The molecule has 1 amide bonds. The van der Waals surface area contributed by atoms with Crippen LogP contribution in [0.5, 0.6) is 0 Å². The van der Waals surface area contributed by atoms with Gasteiger partial charge in [0.05, 0.1) is 6.61 Å². The summed E-state index contributed by atoms with van der Waals surface area (Å²) >= 11 is 0. The van der Waals surface area contributed by atoms with Crippen LogP contribution in [0.25, 0.3) is 11.1 Å². The lowest BCUT2D eigenvalue weighted by molar-refractivity contribution is -0.0252. The number of likely N-dealkylation sites (tertiary alicyclic amines) is 2. The molecule has 0 aromatic heterocycles. The number of carbonyl (C=O) groups excluding carboxylic acids is 1. The molecule has 0 saturated carbocycles. The van der Waals surface area contributed by atoms with Gasteiger partial charge in [0.25, 0.3) is 0 Å². The quantitative estimate of drug-likeness (QED) is 0.433. The minimum absolute atomic E-state index is 0.00593. The van der Waals surface area contributed by atoms with Gasteiger partial charge >= 0.3 is 6.09 Å². The first-order chi connectivity index (χ1) is 18.5. The Labute approximate surface area is 224 Å². The van der Waals surface area contributed by atoms with Gasteiger partial charge in [0.2, 0.25) is 0 Å². The van der Waals surface area contributed by atoms with Gasteiger partial charge in [-0.15, -0.1) is 0 Å². The Hall–Kier alpha value is -3.22. The fourth-order valence-corrected chi connectivity index (χ4v) is 6.20. The molecule has 200 valence electrons. The first kappa shape index (κ1) is 26.4. The van der Waals surface area contributed by atoms with Gasteiger partial charge < -0.3 is 19.6 Å². The number of amides is 1. The highest BCUT2D eigenvalue weighted by Crippen LogP contribution is 2.43. The molecule has 1 unspecified atom stereocenters. The predicted molar refractivity (Wildman–Crippen MR) is 147 cm³/mol. The van der Waals surface area contributed by atoms with Gasteiger partial charge in [0, 0.05) is 19.1 Å². The molecule has 5 rings (SSSR count). The minimum Gasteiger partial charge on any atom is -0.450 e. The predicted octanol–water partition coefficient (Wildman–Crippen LogP) is 6.06. The molecule has 0 spiro atoms. The van der Waals surface area contributed by atoms with Gasteiger partial charge in [0.15, 0.2) is 0 Å². The number of benzene rings is 3. The zero-order valence-electron chi connectivity index (χ0n) is 22.1. The molecule has 2 aliphatic heterocycles. The number of hydrogen-bond acceptors (Lipinski definition) is 4. The van der Waals surface area contributed by atoms with E-state index >= 15 is 0 Å². The Kier molecular flexibility index (Phi) is 8.10. The Morgan fingerprint density at radius 3 is 1.97 bits per heavy atom. The van der Waals surface area contributed by atoms with Gasteiger partial charge in [-0.1, -0.05) is 66.7 Å². The molecule has 3 aromatic carbocycles. The monoisotopic (exact) mass is 516 g/mol. The van der Waals surface area contributed by atoms with Crippen LogP contribution in [0.4, 0.5) is 9.18 Å². The van der Waals surface area contributed by atoms with Crippen LogP contribution in [0.15, 0.2) is 78.9 Å². The van der Waals surface area contributed by atoms with E-state index in [-0.39, 0.29) is 17.8 Å². The largest absolute Gasteiger partial charge is 0.450 e. The van der Waals surface area contributed by atoms with Crippen molar-refractivity contribution in [3.63, 3.8) is 0 Å². The van der Waals surface area contributed by atoms with E-state index in [4.69, 9.17) is 4.74 Å². The lowest BCUT2D eigenvalue weighted by Gasteiger charge is -2.45. The molecule has 1 atom stereocenters. The molecule has 38 heavy (non-hydrogen) atoms. The molecule has 3 aromatic rings. The van der Waals surface area contributed by atoms with Crippen molar-refractivity contribution < 1.29 is 19.0 Å². The lowest BCUT2D eigenvalue weighted by atomic mass is 9.71. The third-order valence-corrected chi connectivity index (χ3v) is 8.34. The summed E-state index contributed by atoms with van der Waals surface area (Å²) in [6.07, 6.45) is 3.34. The van der Waals surface area contributed by atoms with Crippen LogP contribution in [0, 0.1) is 11.7 Å². The molecule has 2 heterocycles. The number of piperidine rings is 2. The van der Waals surface area contributed by atoms with Gasteiger partial charge in [-0.25, -0.2) is 9.18 Å². The average Bonchev–Trinajstić information content (AvgIpc) is 2.98. The minimum atomic E-state index is -1.21. The molecule has 5 nitrogen and oxygen atoms in total. The molecule has 6 heteroatoms. The summed E-state index contributed by atoms with van der Waals surface area (Å²) in [6, 6.07) is 25.1. The fourth-order valence-electron chi connectivity index (χ4n) is 6.20. The van der Waals surface area contributed by atoms with E-state index in [9.17, 15) is 14.3 Å². The van der Waals surface area contributed by atoms with Crippen molar-refractivity contribution in [3.8, 4) is 11.1 Å². The molecular weight excluding hydrogens is 479 g/mol. The zero-order chi connectivity index (χ0) is 26.5. The maximum atomic E-state index is 13.8. The van der Waals surface area contributed by atoms with Gasteiger partial charge in [-0.05, 0) is 86.0 Å². The topological polar surface area (TPSA) is 53.0 Å². The lowest BCUT2D eigenvalue weighted by Crippen LogP contribution is -2.51. The normalized spacial score (nSPS) is 19.2. The SMILES string of the molecule is CCOC(=O)N1CCC(N2CCC(C(O)(c3ccc(F)cc3)c3ccc(-c4ccccc4)cc3)CC2)CC1. The smallest absolute Gasteiger partial charge is 0.409 e. The number of rotatable bonds is 6. The summed E-state index contributed by atoms with van der Waals surface area (Å²) in [4.78, 5) is 16.4. The molecular formula is C32H37FN2O3. The average molecular weight is 517 g/mol. The van der Waals surface area contributed by atoms with Crippen LogP contribution >= 0.6 is 0 Å². The number of halogens is 1. The summed E-state index contributed by atoms with van der Waals surface area (Å²) in [7, 11) is 0. The van der Waals surface area contributed by atoms with Gasteiger partial charge in [-0.3, -0.25) is 0 Å². The molecule has 2 fully saturated rings. The third-order valence-electron chi connectivity index (χ3n) is 8.34. The summed E-state index contributed by atoms with van der Waals surface area (Å²) in [5, 5.41) is 12.4. The number of carbonyl (C=O) groups is 1. The Morgan fingerprint density at radius 2 is 1.39 bits per heavy atom. The number of nitrogens with zero attached hydrogens (tertiary/aromatic N) is 2. The van der Waals surface area contributed by atoms with E-state index in [0.29, 0.717) is 12.6 Å². The Balaban J connectivity index is 1.32. The molecule has 2 saturated heterocycles. The second kappa shape index (κ2) is 11.7. The standard InChI is InChI=1S/C32H37FN2O3/c1-2-38-31(36)35-22-18-30(19-23-35)34-20-16-28(17-21-34)32(37,27-12-14-29(33)15-13-27)26-10-8-25(9-11-26)24-6-4-3-5-7-24/h3-15,28,30,37H,2,16-23H2,1H3. The van der Waals surface area contributed by atoms with E-state index in [0.717, 1.165) is 74.1 Å². The maximum absolute atomic E-state index is 13.8. The zero-order valence-corrected chi connectivity index (χ0v) is 22.1.